The van der Waals surface area contributed by atoms with Gasteiger partial charge >= 0.3 is 0 Å². The summed E-state index contributed by atoms with van der Waals surface area (Å²) in [4.78, 5) is 4.49. The molecular weight excluding hydrogens is 298 g/mol. The molecule has 2 saturated heterocycles. The summed E-state index contributed by atoms with van der Waals surface area (Å²) in [5, 5.41) is 13.7. The molecule has 2 N–H and O–H groups in total. The number of benzene rings is 1. The summed E-state index contributed by atoms with van der Waals surface area (Å²) in [5.74, 6) is 0.314. The van der Waals surface area contributed by atoms with Crippen LogP contribution in [-0.2, 0) is 4.74 Å². The Kier molecular flexibility index (Phi) is 5.00. The number of ether oxygens (including phenoxy) is 1. The zero-order valence-corrected chi connectivity index (χ0v) is 13.5. The summed E-state index contributed by atoms with van der Waals surface area (Å²) in [6.07, 6.45) is 2.59. The number of nitrogens with one attached hydrogen (secondary N) is 1. The topological polar surface area (TPSA) is 48.0 Å². The van der Waals surface area contributed by atoms with Crippen LogP contribution in [0.4, 0.5) is 5.69 Å². The van der Waals surface area contributed by atoms with Gasteiger partial charge in [0.25, 0.3) is 0 Å². The lowest BCUT2D eigenvalue weighted by molar-refractivity contribution is 0.113. The molecule has 120 valence electrons. The first-order valence-electron chi connectivity index (χ1n) is 7.91. The molecule has 0 aliphatic carbocycles. The third-order valence-electron chi connectivity index (χ3n) is 4.27. The molecule has 0 unspecified atom stereocenters. The van der Waals surface area contributed by atoms with Gasteiger partial charge in [0.15, 0.2) is 5.11 Å². The van der Waals surface area contributed by atoms with Gasteiger partial charge in [-0.25, -0.2) is 0 Å². The number of aromatic hydroxyl groups is 1. The van der Waals surface area contributed by atoms with Crippen LogP contribution < -0.4 is 10.2 Å². The van der Waals surface area contributed by atoms with E-state index in [9.17, 15) is 5.11 Å². The van der Waals surface area contributed by atoms with E-state index in [1.165, 1.54) is 0 Å². The number of hydrogen-bond donors (Lipinski definition) is 2. The van der Waals surface area contributed by atoms with Crippen molar-refractivity contribution in [3.63, 3.8) is 0 Å². The van der Waals surface area contributed by atoms with E-state index < -0.39 is 0 Å². The highest BCUT2D eigenvalue weighted by Crippen LogP contribution is 2.21. The molecular formula is C16H23N3O2S. The standard InChI is InChI=1S/C16H23N3O2S/c20-14-4-1-3-13(11-14)18-6-8-19(9-7-18)16(22)17-12-15-5-2-10-21-15/h1,3-4,11,15,20H,2,5-10,12H2,(H,17,22)/t15-/m0/s1. The molecule has 0 bridgehead atoms. The van der Waals surface area contributed by atoms with Crippen LogP contribution in [0.25, 0.3) is 0 Å². The number of thiocarbonyl (C=S) groups is 1. The maximum Gasteiger partial charge on any atom is 0.169 e. The molecule has 0 radical (unpaired) electrons. The Hall–Kier alpha value is -1.53. The van der Waals surface area contributed by atoms with Gasteiger partial charge in [-0.05, 0) is 37.2 Å². The smallest absolute Gasteiger partial charge is 0.169 e. The number of anilines is 1. The largest absolute Gasteiger partial charge is 0.508 e. The van der Waals surface area contributed by atoms with Crippen LogP contribution in [0.5, 0.6) is 5.75 Å². The maximum absolute atomic E-state index is 9.58. The van der Waals surface area contributed by atoms with Crippen LogP contribution in [0.15, 0.2) is 24.3 Å². The molecule has 3 rings (SSSR count). The molecule has 0 aromatic heterocycles. The van der Waals surface area contributed by atoms with Crippen molar-refractivity contribution in [3.8, 4) is 5.75 Å². The van der Waals surface area contributed by atoms with Gasteiger partial charge in [0.2, 0.25) is 0 Å². The number of piperazine rings is 1. The van der Waals surface area contributed by atoms with Crippen LogP contribution in [-0.4, -0.2) is 60.6 Å². The third kappa shape index (κ3) is 3.81. The lowest BCUT2D eigenvalue weighted by atomic mass is 10.2. The second-order valence-electron chi connectivity index (χ2n) is 5.82. The fourth-order valence-corrected chi connectivity index (χ4v) is 3.24. The molecule has 1 aromatic rings. The van der Waals surface area contributed by atoms with Gasteiger partial charge in [-0.2, -0.15) is 0 Å². The molecule has 1 aromatic carbocycles. The fraction of sp³-hybridized carbons (Fsp3) is 0.562. The number of rotatable bonds is 3. The second kappa shape index (κ2) is 7.15. The highest BCUT2D eigenvalue weighted by molar-refractivity contribution is 7.80. The number of hydrogen-bond acceptors (Lipinski definition) is 4. The average molecular weight is 321 g/mol. The Morgan fingerprint density at radius 2 is 2.14 bits per heavy atom. The molecule has 1 atom stereocenters. The second-order valence-corrected chi connectivity index (χ2v) is 6.20. The van der Waals surface area contributed by atoms with Crippen molar-refractivity contribution in [1.82, 2.24) is 10.2 Å². The maximum atomic E-state index is 9.58. The molecule has 0 spiro atoms. The summed E-state index contributed by atoms with van der Waals surface area (Å²) < 4.78 is 5.60. The van der Waals surface area contributed by atoms with Crippen molar-refractivity contribution in [1.29, 1.82) is 0 Å². The molecule has 0 amide bonds. The summed E-state index contributed by atoms with van der Waals surface area (Å²) in [6.45, 7) is 5.30. The van der Waals surface area contributed by atoms with Gasteiger partial charge < -0.3 is 25.0 Å². The minimum atomic E-state index is 0.312. The minimum Gasteiger partial charge on any atom is -0.508 e. The highest BCUT2D eigenvalue weighted by atomic mass is 32.1. The Morgan fingerprint density at radius 3 is 2.82 bits per heavy atom. The van der Waals surface area contributed by atoms with E-state index in [0.717, 1.165) is 63.0 Å². The van der Waals surface area contributed by atoms with Crippen molar-refractivity contribution < 1.29 is 9.84 Å². The van der Waals surface area contributed by atoms with Crippen molar-refractivity contribution in [2.75, 3.05) is 44.2 Å². The van der Waals surface area contributed by atoms with Crippen molar-refractivity contribution in [2.24, 2.45) is 0 Å². The van der Waals surface area contributed by atoms with E-state index >= 15 is 0 Å². The lowest BCUT2D eigenvalue weighted by Gasteiger charge is -2.37. The van der Waals surface area contributed by atoms with E-state index in [0.29, 0.717) is 11.9 Å². The lowest BCUT2D eigenvalue weighted by Crippen LogP contribution is -2.52. The van der Waals surface area contributed by atoms with Gasteiger partial charge in [-0.15, -0.1) is 0 Å². The fourth-order valence-electron chi connectivity index (χ4n) is 2.98. The normalized spacial score (nSPS) is 21.9. The average Bonchev–Trinajstić information content (AvgIpc) is 3.06. The summed E-state index contributed by atoms with van der Waals surface area (Å²) in [6, 6.07) is 7.42. The Balaban J connectivity index is 1.45. The molecule has 2 aliphatic heterocycles. The predicted molar refractivity (Wildman–Crippen MR) is 91.5 cm³/mol. The molecule has 2 heterocycles. The van der Waals surface area contributed by atoms with E-state index in [4.69, 9.17) is 17.0 Å². The predicted octanol–water partition coefficient (Wildman–Crippen LogP) is 1.57. The Bertz CT molecular complexity index is 512. The van der Waals surface area contributed by atoms with Gasteiger partial charge in [0.05, 0.1) is 6.10 Å². The molecule has 0 saturated carbocycles. The van der Waals surface area contributed by atoms with E-state index in [2.05, 4.69) is 15.1 Å². The van der Waals surface area contributed by atoms with Gasteiger partial charge in [0.1, 0.15) is 5.75 Å². The Morgan fingerprint density at radius 1 is 1.32 bits per heavy atom. The Labute approximate surface area is 136 Å². The van der Waals surface area contributed by atoms with Crippen molar-refractivity contribution in [2.45, 2.75) is 18.9 Å². The quantitative estimate of drug-likeness (QED) is 0.824. The number of phenolic OH excluding ortho intramolecular Hbond substituents is 1. The SMILES string of the molecule is Oc1cccc(N2CCN(C(=S)NC[C@@H]3CCCO3)CC2)c1. The molecule has 2 aliphatic rings. The first-order chi connectivity index (χ1) is 10.7. The molecule has 2 fully saturated rings. The van der Waals surface area contributed by atoms with Crippen LogP contribution >= 0.6 is 12.2 Å². The zero-order valence-electron chi connectivity index (χ0n) is 12.7. The molecule has 6 heteroatoms. The van der Waals surface area contributed by atoms with E-state index in [-0.39, 0.29) is 0 Å². The van der Waals surface area contributed by atoms with Crippen LogP contribution in [0, 0.1) is 0 Å². The van der Waals surface area contributed by atoms with E-state index in [1.54, 1.807) is 6.07 Å². The minimum absolute atomic E-state index is 0.312. The van der Waals surface area contributed by atoms with Gasteiger partial charge in [-0.3, -0.25) is 0 Å². The van der Waals surface area contributed by atoms with Crippen LogP contribution in [0.1, 0.15) is 12.8 Å². The first-order valence-corrected chi connectivity index (χ1v) is 8.31. The van der Waals surface area contributed by atoms with Gasteiger partial charge in [-0.1, -0.05) is 6.07 Å². The first kappa shape index (κ1) is 15.4. The number of nitrogens with zero attached hydrogens (tertiary/aromatic N) is 2. The molecule has 22 heavy (non-hydrogen) atoms. The van der Waals surface area contributed by atoms with Crippen LogP contribution in [0.2, 0.25) is 0 Å². The monoisotopic (exact) mass is 321 g/mol. The summed E-state index contributed by atoms with van der Waals surface area (Å²) >= 11 is 5.49. The van der Waals surface area contributed by atoms with Gasteiger partial charge in [0, 0.05) is 51.1 Å². The summed E-state index contributed by atoms with van der Waals surface area (Å²) in [5.41, 5.74) is 1.07. The summed E-state index contributed by atoms with van der Waals surface area (Å²) in [7, 11) is 0. The third-order valence-corrected chi connectivity index (χ3v) is 4.67. The highest BCUT2D eigenvalue weighted by Gasteiger charge is 2.21. The van der Waals surface area contributed by atoms with Crippen LogP contribution in [0.3, 0.4) is 0 Å². The van der Waals surface area contributed by atoms with Crippen molar-refractivity contribution in [3.05, 3.63) is 24.3 Å². The molecule has 5 nitrogen and oxygen atoms in total. The zero-order chi connectivity index (χ0) is 15.4. The van der Waals surface area contributed by atoms with Crippen molar-refractivity contribution >= 4 is 23.0 Å². The van der Waals surface area contributed by atoms with E-state index in [1.807, 2.05) is 18.2 Å². The number of phenols is 1.